The minimum Gasteiger partial charge on any atom is -0.339 e. The number of rotatable bonds is 6. The zero-order chi connectivity index (χ0) is 20.9. The van der Waals surface area contributed by atoms with Gasteiger partial charge in [0.1, 0.15) is 5.69 Å². The molecule has 1 aliphatic rings. The Kier molecular flexibility index (Phi) is 6.18. The van der Waals surface area contributed by atoms with Gasteiger partial charge in [-0.2, -0.15) is 4.98 Å². The zero-order valence-electron chi connectivity index (χ0n) is 17.5. The van der Waals surface area contributed by atoms with Crippen LogP contribution in [0.1, 0.15) is 37.1 Å². The molecule has 0 radical (unpaired) electrons. The second-order valence-electron chi connectivity index (χ2n) is 7.65. The summed E-state index contributed by atoms with van der Waals surface area (Å²) < 4.78 is 5.51. The van der Waals surface area contributed by atoms with E-state index in [0.717, 1.165) is 37.2 Å². The molecule has 7 nitrogen and oxygen atoms in total. The normalized spacial score (nSPS) is 15.3. The molecule has 0 spiro atoms. The zero-order valence-corrected chi connectivity index (χ0v) is 17.5. The van der Waals surface area contributed by atoms with Gasteiger partial charge in [0.05, 0.1) is 6.54 Å². The molecule has 0 atom stereocenters. The van der Waals surface area contributed by atoms with Crippen molar-refractivity contribution in [1.82, 2.24) is 20.0 Å². The van der Waals surface area contributed by atoms with E-state index < -0.39 is 0 Å². The van der Waals surface area contributed by atoms with Gasteiger partial charge in [0.15, 0.2) is 0 Å². The van der Waals surface area contributed by atoms with Gasteiger partial charge in [0.25, 0.3) is 0 Å². The van der Waals surface area contributed by atoms with E-state index in [9.17, 15) is 4.79 Å². The SMILES string of the molecule is CCN(C(=O)CN1CCC(c2nc(-c3ccccn3)no2)CC1)c1ccccc1C. The van der Waals surface area contributed by atoms with Gasteiger partial charge in [0, 0.05) is 24.3 Å². The fourth-order valence-corrected chi connectivity index (χ4v) is 3.96. The van der Waals surface area contributed by atoms with Crippen LogP contribution >= 0.6 is 0 Å². The lowest BCUT2D eigenvalue weighted by Crippen LogP contribution is -2.43. The van der Waals surface area contributed by atoms with Gasteiger partial charge in [-0.25, -0.2) is 0 Å². The Morgan fingerprint density at radius 2 is 1.93 bits per heavy atom. The van der Waals surface area contributed by atoms with E-state index in [0.29, 0.717) is 30.5 Å². The second-order valence-corrected chi connectivity index (χ2v) is 7.65. The van der Waals surface area contributed by atoms with Crippen molar-refractivity contribution in [3.8, 4) is 11.5 Å². The van der Waals surface area contributed by atoms with Crippen LogP contribution in [0.2, 0.25) is 0 Å². The summed E-state index contributed by atoms with van der Waals surface area (Å²) in [5.41, 5.74) is 2.82. The number of benzene rings is 1. The number of para-hydroxylation sites is 1. The standard InChI is InChI=1S/C23H27N5O2/c1-3-28(20-10-5-4-8-17(20)2)21(29)16-27-14-11-18(12-15-27)23-25-22(26-30-23)19-9-6-7-13-24-19/h4-10,13,18H,3,11-12,14-16H2,1-2H3. The van der Waals surface area contributed by atoms with Crippen molar-refractivity contribution in [2.24, 2.45) is 0 Å². The van der Waals surface area contributed by atoms with Crippen LogP contribution in [0.3, 0.4) is 0 Å². The van der Waals surface area contributed by atoms with E-state index >= 15 is 0 Å². The van der Waals surface area contributed by atoms with Crippen LogP contribution in [-0.2, 0) is 4.79 Å². The molecule has 1 fully saturated rings. The number of aryl methyl sites for hydroxylation is 1. The van der Waals surface area contributed by atoms with Gasteiger partial charge in [-0.1, -0.05) is 29.4 Å². The van der Waals surface area contributed by atoms with Crippen molar-refractivity contribution in [3.05, 3.63) is 60.1 Å². The number of anilines is 1. The number of hydrogen-bond donors (Lipinski definition) is 0. The Balaban J connectivity index is 1.34. The Morgan fingerprint density at radius 3 is 2.63 bits per heavy atom. The Morgan fingerprint density at radius 1 is 1.17 bits per heavy atom. The van der Waals surface area contributed by atoms with E-state index in [2.05, 4.69) is 20.0 Å². The third-order valence-electron chi connectivity index (χ3n) is 5.65. The van der Waals surface area contributed by atoms with Crippen molar-refractivity contribution in [3.63, 3.8) is 0 Å². The first kappa shape index (κ1) is 20.2. The number of carbonyl (C=O) groups excluding carboxylic acids is 1. The third kappa shape index (κ3) is 4.41. The lowest BCUT2D eigenvalue weighted by molar-refractivity contribution is -0.120. The van der Waals surface area contributed by atoms with Gasteiger partial charge >= 0.3 is 0 Å². The van der Waals surface area contributed by atoms with E-state index in [1.54, 1.807) is 6.20 Å². The molecular formula is C23H27N5O2. The van der Waals surface area contributed by atoms with Gasteiger partial charge in [-0.05, 0) is 63.5 Å². The van der Waals surface area contributed by atoms with Crippen LogP contribution < -0.4 is 4.90 Å². The molecule has 3 aromatic rings. The molecule has 1 aromatic carbocycles. The number of amides is 1. The van der Waals surface area contributed by atoms with Gasteiger partial charge in [0.2, 0.25) is 17.6 Å². The molecule has 7 heteroatoms. The average molecular weight is 406 g/mol. The molecule has 156 valence electrons. The highest BCUT2D eigenvalue weighted by Gasteiger charge is 2.27. The minimum absolute atomic E-state index is 0.139. The lowest BCUT2D eigenvalue weighted by atomic mass is 9.97. The van der Waals surface area contributed by atoms with Crippen LogP contribution in [0.25, 0.3) is 11.5 Å². The van der Waals surface area contributed by atoms with Crippen molar-refractivity contribution < 1.29 is 9.32 Å². The molecule has 0 unspecified atom stereocenters. The lowest BCUT2D eigenvalue weighted by Gasteiger charge is -2.32. The van der Waals surface area contributed by atoms with Gasteiger partial charge < -0.3 is 9.42 Å². The number of pyridine rings is 1. The number of hydrogen-bond acceptors (Lipinski definition) is 6. The van der Waals surface area contributed by atoms with Crippen molar-refractivity contribution in [2.75, 3.05) is 31.1 Å². The predicted molar refractivity (Wildman–Crippen MR) is 115 cm³/mol. The van der Waals surface area contributed by atoms with E-state index in [4.69, 9.17) is 4.52 Å². The molecule has 3 heterocycles. The summed E-state index contributed by atoms with van der Waals surface area (Å²) in [4.78, 5) is 25.9. The summed E-state index contributed by atoms with van der Waals surface area (Å²) in [5.74, 6) is 1.55. The molecule has 0 bridgehead atoms. The van der Waals surface area contributed by atoms with Gasteiger partial charge in [-0.3, -0.25) is 14.7 Å². The fourth-order valence-electron chi connectivity index (χ4n) is 3.96. The number of likely N-dealkylation sites (tertiary alicyclic amines) is 1. The van der Waals surface area contributed by atoms with Crippen LogP contribution in [0.4, 0.5) is 5.69 Å². The molecule has 30 heavy (non-hydrogen) atoms. The maximum absolute atomic E-state index is 12.9. The van der Waals surface area contributed by atoms with Crippen LogP contribution in [0.15, 0.2) is 53.2 Å². The molecule has 4 rings (SSSR count). The molecule has 1 amide bonds. The summed E-state index contributed by atoms with van der Waals surface area (Å²) >= 11 is 0. The third-order valence-corrected chi connectivity index (χ3v) is 5.65. The first-order chi connectivity index (χ1) is 14.7. The maximum Gasteiger partial charge on any atom is 0.241 e. The van der Waals surface area contributed by atoms with Crippen molar-refractivity contribution >= 4 is 11.6 Å². The highest BCUT2D eigenvalue weighted by Crippen LogP contribution is 2.28. The Labute approximate surface area is 176 Å². The first-order valence-corrected chi connectivity index (χ1v) is 10.5. The topological polar surface area (TPSA) is 75.4 Å². The predicted octanol–water partition coefficient (Wildman–Crippen LogP) is 3.67. The number of piperidine rings is 1. The number of nitrogens with zero attached hydrogens (tertiary/aromatic N) is 5. The minimum atomic E-state index is 0.139. The highest BCUT2D eigenvalue weighted by molar-refractivity contribution is 5.95. The molecule has 0 saturated carbocycles. The average Bonchev–Trinajstić information content (AvgIpc) is 3.27. The number of carbonyl (C=O) groups is 1. The summed E-state index contributed by atoms with van der Waals surface area (Å²) in [6, 6.07) is 13.7. The Hall–Kier alpha value is -3.06. The monoisotopic (exact) mass is 405 g/mol. The van der Waals surface area contributed by atoms with Crippen molar-refractivity contribution in [2.45, 2.75) is 32.6 Å². The summed E-state index contributed by atoms with van der Waals surface area (Å²) in [6.07, 6.45) is 3.51. The second kappa shape index (κ2) is 9.17. The molecular weight excluding hydrogens is 378 g/mol. The fraction of sp³-hybridized carbons (Fsp3) is 0.391. The molecule has 1 aliphatic heterocycles. The summed E-state index contributed by atoms with van der Waals surface area (Å²) in [6.45, 7) is 6.83. The smallest absolute Gasteiger partial charge is 0.241 e. The highest BCUT2D eigenvalue weighted by atomic mass is 16.5. The summed E-state index contributed by atoms with van der Waals surface area (Å²) in [5, 5.41) is 4.08. The maximum atomic E-state index is 12.9. The number of likely N-dealkylation sites (N-methyl/N-ethyl adjacent to an activating group) is 1. The van der Waals surface area contributed by atoms with E-state index in [-0.39, 0.29) is 11.8 Å². The van der Waals surface area contributed by atoms with E-state index in [1.165, 1.54) is 0 Å². The van der Waals surface area contributed by atoms with Crippen LogP contribution in [-0.4, -0.2) is 52.1 Å². The quantitative estimate of drug-likeness (QED) is 0.623. The Bertz CT molecular complexity index is 980. The van der Waals surface area contributed by atoms with Gasteiger partial charge in [-0.15, -0.1) is 0 Å². The molecule has 0 aliphatic carbocycles. The van der Waals surface area contributed by atoms with E-state index in [1.807, 2.05) is 61.2 Å². The first-order valence-electron chi connectivity index (χ1n) is 10.5. The number of aromatic nitrogens is 3. The van der Waals surface area contributed by atoms with Crippen molar-refractivity contribution in [1.29, 1.82) is 0 Å². The summed E-state index contributed by atoms with van der Waals surface area (Å²) in [7, 11) is 0. The van der Waals surface area contributed by atoms with Crippen LogP contribution in [0, 0.1) is 6.92 Å². The molecule has 1 saturated heterocycles. The van der Waals surface area contributed by atoms with Crippen LogP contribution in [0.5, 0.6) is 0 Å². The largest absolute Gasteiger partial charge is 0.339 e. The molecule has 2 aromatic heterocycles. The molecule has 0 N–H and O–H groups in total.